The molecular weight excluding hydrogens is 326 g/mol. The van der Waals surface area contributed by atoms with E-state index in [2.05, 4.69) is 11.2 Å². The first-order chi connectivity index (χ1) is 11.1. The normalized spacial score (nSPS) is 11.4. The van der Waals surface area contributed by atoms with Gasteiger partial charge in [0.25, 0.3) is 0 Å². The molecule has 0 aliphatic carbocycles. The van der Waals surface area contributed by atoms with Crippen LogP contribution in [-0.2, 0) is 4.74 Å². The maximum absolute atomic E-state index is 12.5. The van der Waals surface area contributed by atoms with Gasteiger partial charge in [0, 0.05) is 11.6 Å². The van der Waals surface area contributed by atoms with E-state index in [1.807, 2.05) is 13.8 Å². The van der Waals surface area contributed by atoms with Crippen molar-refractivity contribution in [3.63, 3.8) is 0 Å². The van der Waals surface area contributed by atoms with Gasteiger partial charge in [0.2, 0.25) is 0 Å². The summed E-state index contributed by atoms with van der Waals surface area (Å²) in [7, 11) is 0. The van der Waals surface area contributed by atoms with Gasteiger partial charge in [0.1, 0.15) is 16.3 Å². The third kappa shape index (κ3) is 3.77. The first-order valence-corrected chi connectivity index (χ1v) is 8.03. The second kappa shape index (κ2) is 6.66. The molecule has 0 saturated carbocycles. The van der Waals surface area contributed by atoms with Crippen molar-refractivity contribution in [1.29, 1.82) is 5.26 Å². The Kier molecular flexibility index (Phi) is 5.00. The van der Waals surface area contributed by atoms with E-state index in [1.54, 1.807) is 49.7 Å². The van der Waals surface area contributed by atoms with Crippen LogP contribution in [0.4, 0.5) is 0 Å². The molecule has 0 spiro atoms. The maximum atomic E-state index is 12.5. The molecule has 1 aromatic carbocycles. The molecule has 0 N–H and O–H groups in total. The van der Waals surface area contributed by atoms with Crippen molar-refractivity contribution in [2.24, 2.45) is 0 Å². The summed E-state index contributed by atoms with van der Waals surface area (Å²) in [6, 6.07) is 8.90. The summed E-state index contributed by atoms with van der Waals surface area (Å²) in [6.07, 6.45) is 0. The molecule has 0 unspecified atom stereocenters. The predicted octanol–water partition coefficient (Wildman–Crippen LogP) is 4.61. The molecular formula is C18H20ClN3O2. The fourth-order valence-corrected chi connectivity index (χ4v) is 2.50. The van der Waals surface area contributed by atoms with Crippen LogP contribution in [0.1, 0.15) is 56.7 Å². The molecule has 24 heavy (non-hydrogen) atoms. The van der Waals surface area contributed by atoms with Gasteiger partial charge < -0.3 is 4.74 Å². The molecule has 0 amide bonds. The number of nitrogens with zero attached hydrogens (tertiary/aromatic N) is 3. The molecule has 0 atom stereocenters. The highest BCUT2D eigenvalue weighted by Crippen LogP contribution is 2.33. The zero-order chi connectivity index (χ0) is 18.1. The Balaban J connectivity index is 2.54. The summed E-state index contributed by atoms with van der Waals surface area (Å²) in [5, 5.41) is 13.6. The molecule has 0 fully saturated rings. The minimum absolute atomic E-state index is 0.0582. The number of carbonyl (C=O) groups is 1. The molecule has 0 saturated heterocycles. The molecule has 5 nitrogen and oxygen atoms in total. The lowest BCUT2D eigenvalue weighted by Gasteiger charge is -2.20. The van der Waals surface area contributed by atoms with E-state index in [4.69, 9.17) is 21.6 Å². The molecule has 126 valence electrons. The maximum Gasteiger partial charge on any atom is 0.358 e. The topological polar surface area (TPSA) is 67.9 Å². The third-order valence-electron chi connectivity index (χ3n) is 3.22. The van der Waals surface area contributed by atoms with Gasteiger partial charge in [-0.3, -0.25) is 4.68 Å². The minimum Gasteiger partial charge on any atom is -0.455 e. The zero-order valence-corrected chi connectivity index (χ0v) is 15.2. The SMILES string of the molecule is CC(C)n1nc(-c2ccc(C#N)cc2)c(Cl)c1C(=O)OC(C)(C)C. The zero-order valence-electron chi connectivity index (χ0n) is 14.4. The number of carbonyl (C=O) groups excluding carboxylic acids is 1. The van der Waals surface area contributed by atoms with E-state index in [1.165, 1.54) is 0 Å². The summed E-state index contributed by atoms with van der Waals surface area (Å²) in [6.45, 7) is 9.24. The van der Waals surface area contributed by atoms with Crippen LogP contribution in [0.3, 0.4) is 0 Å². The van der Waals surface area contributed by atoms with Crippen molar-refractivity contribution >= 4 is 17.6 Å². The molecule has 1 aromatic heterocycles. The van der Waals surface area contributed by atoms with Crippen LogP contribution >= 0.6 is 11.6 Å². The van der Waals surface area contributed by atoms with Gasteiger partial charge in [-0.1, -0.05) is 23.7 Å². The van der Waals surface area contributed by atoms with E-state index in [0.29, 0.717) is 11.3 Å². The number of hydrogen-bond donors (Lipinski definition) is 0. The second-order valence-corrected chi connectivity index (χ2v) is 7.12. The van der Waals surface area contributed by atoms with E-state index in [0.717, 1.165) is 5.56 Å². The fourth-order valence-electron chi connectivity index (χ4n) is 2.18. The van der Waals surface area contributed by atoms with Gasteiger partial charge >= 0.3 is 5.97 Å². The summed E-state index contributed by atoms with van der Waals surface area (Å²) in [5.74, 6) is -0.506. The number of hydrogen-bond acceptors (Lipinski definition) is 4. The van der Waals surface area contributed by atoms with Crippen LogP contribution in [0.5, 0.6) is 0 Å². The monoisotopic (exact) mass is 345 g/mol. The first-order valence-electron chi connectivity index (χ1n) is 7.66. The van der Waals surface area contributed by atoms with Crippen LogP contribution in [0.15, 0.2) is 24.3 Å². The van der Waals surface area contributed by atoms with Crippen LogP contribution in [0.2, 0.25) is 5.02 Å². The highest BCUT2D eigenvalue weighted by molar-refractivity contribution is 6.35. The van der Waals surface area contributed by atoms with Crippen molar-refractivity contribution in [2.45, 2.75) is 46.3 Å². The molecule has 2 rings (SSSR count). The second-order valence-electron chi connectivity index (χ2n) is 6.74. The van der Waals surface area contributed by atoms with Gasteiger partial charge in [-0.15, -0.1) is 0 Å². The number of aromatic nitrogens is 2. The summed E-state index contributed by atoms with van der Waals surface area (Å²) < 4.78 is 7.03. The highest BCUT2D eigenvalue weighted by atomic mass is 35.5. The first kappa shape index (κ1) is 18.0. The summed E-state index contributed by atoms with van der Waals surface area (Å²) in [4.78, 5) is 12.5. The lowest BCUT2D eigenvalue weighted by molar-refractivity contribution is 0.00545. The highest BCUT2D eigenvalue weighted by Gasteiger charge is 2.28. The van der Waals surface area contributed by atoms with Crippen LogP contribution in [0, 0.1) is 11.3 Å². The van der Waals surface area contributed by atoms with Crippen molar-refractivity contribution in [2.75, 3.05) is 0 Å². The fraction of sp³-hybridized carbons (Fsp3) is 0.389. The third-order valence-corrected chi connectivity index (χ3v) is 3.58. The van der Waals surface area contributed by atoms with Crippen molar-refractivity contribution < 1.29 is 9.53 Å². The van der Waals surface area contributed by atoms with E-state index >= 15 is 0 Å². The van der Waals surface area contributed by atoms with Gasteiger partial charge in [-0.05, 0) is 46.8 Å². The Hall–Kier alpha value is -2.32. The lowest BCUT2D eigenvalue weighted by atomic mass is 10.1. The Morgan fingerprint density at radius 2 is 1.88 bits per heavy atom. The molecule has 1 heterocycles. The molecule has 0 bridgehead atoms. The Bertz CT molecular complexity index is 793. The standard InChI is InChI=1S/C18H20ClN3O2/c1-11(2)22-16(17(23)24-18(3,4)5)14(19)15(21-22)13-8-6-12(10-20)7-9-13/h6-9,11H,1-5H3. The van der Waals surface area contributed by atoms with Gasteiger partial charge in [0.05, 0.1) is 11.6 Å². The average molecular weight is 346 g/mol. The summed E-state index contributed by atoms with van der Waals surface area (Å²) >= 11 is 6.46. The quantitative estimate of drug-likeness (QED) is 0.761. The number of ether oxygens (including phenoxy) is 1. The lowest BCUT2D eigenvalue weighted by Crippen LogP contribution is -2.26. The van der Waals surface area contributed by atoms with Crippen molar-refractivity contribution in [1.82, 2.24) is 9.78 Å². The number of esters is 1. The molecule has 2 aromatic rings. The van der Waals surface area contributed by atoms with E-state index in [9.17, 15) is 4.79 Å². The molecule has 6 heteroatoms. The van der Waals surface area contributed by atoms with Gasteiger partial charge in [-0.25, -0.2) is 4.79 Å². The number of rotatable bonds is 3. The van der Waals surface area contributed by atoms with Crippen LogP contribution in [-0.4, -0.2) is 21.4 Å². The Morgan fingerprint density at radius 3 is 2.33 bits per heavy atom. The molecule has 0 aliphatic heterocycles. The predicted molar refractivity (Wildman–Crippen MR) is 92.9 cm³/mol. The molecule has 0 aliphatic rings. The van der Waals surface area contributed by atoms with Gasteiger partial charge in [0.15, 0.2) is 5.69 Å². The van der Waals surface area contributed by atoms with E-state index < -0.39 is 11.6 Å². The minimum atomic E-state index is -0.624. The Morgan fingerprint density at radius 1 is 1.29 bits per heavy atom. The number of nitriles is 1. The van der Waals surface area contributed by atoms with Crippen LogP contribution < -0.4 is 0 Å². The smallest absolute Gasteiger partial charge is 0.358 e. The van der Waals surface area contributed by atoms with Crippen molar-refractivity contribution in [3.8, 4) is 17.3 Å². The van der Waals surface area contributed by atoms with Crippen LogP contribution in [0.25, 0.3) is 11.3 Å². The average Bonchev–Trinajstić information content (AvgIpc) is 2.83. The molecule has 0 radical (unpaired) electrons. The Labute approximate surface area is 146 Å². The number of halogens is 1. The van der Waals surface area contributed by atoms with E-state index in [-0.39, 0.29) is 16.8 Å². The van der Waals surface area contributed by atoms with Gasteiger partial charge in [-0.2, -0.15) is 10.4 Å². The summed E-state index contributed by atoms with van der Waals surface area (Å²) in [5.41, 5.74) is 1.39. The van der Waals surface area contributed by atoms with Crippen molar-refractivity contribution in [3.05, 3.63) is 40.5 Å². The largest absolute Gasteiger partial charge is 0.455 e. The number of benzene rings is 1.